The summed E-state index contributed by atoms with van der Waals surface area (Å²) >= 11 is 19.6. The highest BCUT2D eigenvalue weighted by Crippen LogP contribution is 2.25. The first-order chi connectivity index (χ1) is 12.4. The van der Waals surface area contributed by atoms with Crippen molar-refractivity contribution in [3.8, 4) is 5.69 Å². The van der Waals surface area contributed by atoms with Crippen LogP contribution >= 0.6 is 58.5 Å². The number of amides is 1. The van der Waals surface area contributed by atoms with Crippen LogP contribution in [0.25, 0.3) is 5.69 Å². The Kier molecular flexibility index (Phi) is 6.31. The van der Waals surface area contributed by atoms with Crippen LogP contribution in [-0.2, 0) is 4.79 Å². The smallest absolute Gasteiger partial charge is 0.234 e. The van der Waals surface area contributed by atoms with Crippen LogP contribution in [0.3, 0.4) is 0 Å². The number of hydrogen-bond acceptors (Lipinski definition) is 5. The van der Waals surface area contributed by atoms with Crippen molar-refractivity contribution in [3.05, 3.63) is 62.3 Å². The first-order valence-electron chi connectivity index (χ1n) is 7.15. The summed E-state index contributed by atoms with van der Waals surface area (Å²) in [5, 5.41) is 7.98. The van der Waals surface area contributed by atoms with E-state index in [1.807, 2.05) is 0 Å². The third-order valence-corrected chi connectivity index (χ3v) is 5.88. The van der Waals surface area contributed by atoms with Gasteiger partial charge in [-0.05, 0) is 54.7 Å². The van der Waals surface area contributed by atoms with Gasteiger partial charge in [0.25, 0.3) is 0 Å². The van der Waals surface area contributed by atoms with Crippen molar-refractivity contribution in [2.45, 2.75) is 4.34 Å². The fraction of sp³-hybridized carbons (Fsp3) is 0.0625. The van der Waals surface area contributed by atoms with Gasteiger partial charge in [0.2, 0.25) is 5.91 Å². The minimum absolute atomic E-state index is 0.149. The molecule has 0 aliphatic rings. The van der Waals surface area contributed by atoms with E-state index < -0.39 is 0 Å². The van der Waals surface area contributed by atoms with Crippen LogP contribution in [0.1, 0.15) is 0 Å². The molecule has 4 nitrogen and oxygen atoms in total. The van der Waals surface area contributed by atoms with Crippen LogP contribution in [0.2, 0.25) is 10.0 Å². The molecule has 10 heteroatoms. The van der Waals surface area contributed by atoms with E-state index in [1.165, 1.54) is 39.9 Å². The monoisotopic (exact) mass is 445 g/mol. The average Bonchev–Trinajstić information content (AvgIpc) is 2.94. The van der Waals surface area contributed by atoms with E-state index in [1.54, 1.807) is 30.3 Å². The Balaban J connectivity index is 1.64. The maximum absolute atomic E-state index is 13.0. The van der Waals surface area contributed by atoms with E-state index in [9.17, 15) is 9.18 Å². The van der Waals surface area contributed by atoms with Gasteiger partial charge >= 0.3 is 0 Å². The first-order valence-corrected chi connectivity index (χ1v) is 10.1. The second-order valence-corrected chi connectivity index (χ2v) is 8.74. The molecule has 1 heterocycles. The number of benzene rings is 2. The molecule has 0 saturated carbocycles. The lowest BCUT2D eigenvalue weighted by atomic mass is 10.3. The third-order valence-electron chi connectivity index (χ3n) is 3.07. The molecule has 2 aromatic carbocycles. The molecule has 26 heavy (non-hydrogen) atoms. The summed E-state index contributed by atoms with van der Waals surface area (Å²) < 4.78 is 15.7. The van der Waals surface area contributed by atoms with Gasteiger partial charge in [-0.1, -0.05) is 46.3 Å². The largest absolute Gasteiger partial charge is 0.325 e. The molecule has 134 valence electrons. The second-order valence-electron chi connectivity index (χ2n) is 5.02. The van der Waals surface area contributed by atoms with Gasteiger partial charge < -0.3 is 5.32 Å². The van der Waals surface area contributed by atoms with E-state index in [4.69, 9.17) is 35.4 Å². The van der Waals surface area contributed by atoms with E-state index in [2.05, 4.69) is 10.4 Å². The van der Waals surface area contributed by atoms with Crippen molar-refractivity contribution in [1.82, 2.24) is 9.78 Å². The summed E-state index contributed by atoms with van der Waals surface area (Å²) in [6, 6.07) is 10.7. The molecule has 0 aliphatic heterocycles. The van der Waals surface area contributed by atoms with Gasteiger partial charge in [0.15, 0.2) is 8.29 Å². The highest BCUT2D eigenvalue weighted by molar-refractivity contribution is 8.01. The molecule has 0 spiro atoms. The van der Waals surface area contributed by atoms with Crippen molar-refractivity contribution in [2.24, 2.45) is 0 Å². The lowest BCUT2D eigenvalue weighted by Gasteiger charge is -2.05. The predicted molar refractivity (Wildman–Crippen MR) is 108 cm³/mol. The molecule has 0 radical (unpaired) electrons. The number of rotatable bonds is 5. The number of nitrogens with one attached hydrogen (secondary N) is 1. The quantitative estimate of drug-likeness (QED) is 0.395. The summed E-state index contributed by atoms with van der Waals surface area (Å²) in [6.45, 7) is 0. The average molecular weight is 446 g/mol. The standard InChI is InChI=1S/C16H10Cl2FN3OS3/c17-9-5-10(18)7-12(6-9)20-14(23)8-25-15-21-22(16(24)26-15)13-3-1-11(19)2-4-13/h1-7H,8H2,(H,20,23). The van der Waals surface area contributed by atoms with E-state index in [0.717, 1.165) is 0 Å². The fourth-order valence-corrected chi connectivity index (χ4v) is 4.70. The molecule has 1 aromatic heterocycles. The maximum atomic E-state index is 13.0. The highest BCUT2D eigenvalue weighted by atomic mass is 35.5. The summed E-state index contributed by atoms with van der Waals surface area (Å²) in [7, 11) is 0. The number of thioether (sulfide) groups is 1. The molecule has 0 atom stereocenters. The number of hydrogen-bond donors (Lipinski definition) is 1. The van der Waals surface area contributed by atoms with Crippen LogP contribution in [0.15, 0.2) is 46.8 Å². The molecule has 3 aromatic rings. The van der Waals surface area contributed by atoms with E-state index in [-0.39, 0.29) is 17.5 Å². The van der Waals surface area contributed by atoms with Crippen molar-refractivity contribution < 1.29 is 9.18 Å². The van der Waals surface area contributed by atoms with Crippen LogP contribution < -0.4 is 5.32 Å². The molecular formula is C16H10Cl2FN3OS3. The van der Waals surface area contributed by atoms with Crippen molar-refractivity contribution in [1.29, 1.82) is 0 Å². The lowest BCUT2D eigenvalue weighted by Crippen LogP contribution is -2.14. The minimum atomic E-state index is -0.331. The number of nitrogens with zero attached hydrogens (tertiary/aromatic N) is 2. The van der Waals surface area contributed by atoms with Gasteiger partial charge in [-0.25, -0.2) is 9.07 Å². The summed E-state index contributed by atoms with van der Waals surface area (Å²) in [5.74, 6) is -0.402. The molecule has 0 bridgehead atoms. The number of anilines is 1. The second kappa shape index (κ2) is 8.49. The number of aromatic nitrogens is 2. The Labute approximate surface area is 171 Å². The minimum Gasteiger partial charge on any atom is -0.325 e. The SMILES string of the molecule is O=C(CSc1nn(-c2ccc(F)cc2)c(=S)s1)Nc1cc(Cl)cc(Cl)c1. The van der Waals surface area contributed by atoms with Crippen LogP contribution in [-0.4, -0.2) is 21.4 Å². The normalized spacial score (nSPS) is 10.7. The van der Waals surface area contributed by atoms with Crippen molar-refractivity contribution in [3.63, 3.8) is 0 Å². The number of carbonyl (C=O) groups is 1. The zero-order valence-electron chi connectivity index (χ0n) is 12.9. The van der Waals surface area contributed by atoms with E-state index >= 15 is 0 Å². The highest BCUT2D eigenvalue weighted by Gasteiger charge is 2.10. The van der Waals surface area contributed by atoms with Gasteiger partial charge in [0, 0.05) is 15.7 Å². The van der Waals surface area contributed by atoms with Crippen LogP contribution in [0.4, 0.5) is 10.1 Å². The molecule has 1 amide bonds. The molecule has 0 unspecified atom stereocenters. The Hall–Kier alpha value is -1.45. The van der Waals surface area contributed by atoms with Gasteiger partial charge in [-0.15, -0.1) is 5.10 Å². The fourth-order valence-electron chi connectivity index (χ4n) is 2.01. The number of halogens is 3. The zero-order chi connectivity index (χ0) is 18.7. The Morgan fingerprint density at radius 3 is 2.54 bits per heavy atom. The van der Waals surface area contributed by atoms with Gasteiger partial charge in [0.05, 0.1) is 11.4 Å². The molecule has 0 aliphatic carbocycles. The third kappa shape index (κ3) is 5.05. The molecule has 3 rings (SSSR count). The van der Waals surface area contributed by atoms with Gasteiger partial charge in [0.1, 0.15) is 5.82 Å². The van der Waals surface area contributed by atoms with Gasteiger partial charge in [-0.3, -0.25) is 4.79 Å². The van der Waals surface area contributed by atoms with Crippen LogP contribution in [0.5, 0.6) is 0 Å². The molecule has 0 fully saturated rings. The van der Waals surface area contributed by atoms with Crippen molar-refractivity contribution >= 4 is 70.1 Å². The maximum Gasteiger partial charge on any atom is 0.234 e. The Morgan fingerprint density at radius 2 is 1.88 bits per heavy atom. The predicted octanol–water partition coefficient (Wildman–Crippen LogP) is 5.84. The summed E-state index contributed by atoms with van der Waals surface area (Å²) in [4.78, 5) is 12.1. The van der Waals surface area contributed by atoms with Crippen molar-refractivity contribution in [2.75, 3.05) is 11.1 Å². The van der Waals surface area contributed by atoms with Gasteiger partial charge in [-0.2, -0.15) is 0 Å². The Morgan fingerprint density at radius 1 is 1.23 bits per heavy atom. The molecule has 1 N–H and O–H groups in total. The first kappa shape index (κ1) is 19.3. The molecule has 0 saturated heterocycles. The summed E-state index contributed by atoms with van der Waals surface area (Å²) in [5.41, 5.74) is 1.19. The lowest BCUT2D eigenvalue weighted by molar-refractivity contribution is -0.113. The Bertz CT molecular complexity index is 984. The zero-order valence-corrected chi connectivity index (χ0v) is 16.9. The summed E-state index contributed by atoms with van der Waals surface area (Å²) in [6.07, 6.45) is 0. The van der Waals surface area contributed by atoms with E-state index in [0.29, 0.717) is 29.7 Å². The molecular weight excluding hydrogens is 436 g/mol. The number of carbonyl (C=O) groups excluding carboxylic acids is 1. The topological polar surface area (TPSA) is 46.9 Å². The van der Waals surface area contributed by atoms with Crippen LogP contribution in [0, 0.1) is 9.77 Å².